The Morgan fingerprint density at radius 1 is 0.229 bits per heavy atom. The lowest BCUT2D eigenvalue weighted by atomic mass is 9.31. The second-order valence-electron chi connectivity index (χ2n) is 30.2. The van der Waals surface area contributed by atoms with Crippen molar-refractivity contribution in [1.29, 1.82) is 0 Å². The molecular weight excluding hydrogens is 1320 g/mol. The minimum Gasteiger partial charge on any atom is -0.458 e. The topological polar surface area (TPSA) is 31.4 Å². The number of benzene rings is 18. The third-order valence-electron chi connectivity index (χ3n) is 24.5. The molecule has 6 aliphatic rings. The van der Waals surface area contributed by atoms with Crippen LogP contribution in [0.1, 0.15) is 11.1 Å². The van der Waals surface area contributed by atoms with Crippen LogP contribution in [0.4, 0.5) is 68.2 Å². The summed E-state index contributed by atoms with van der Waals surface area (Å²) in [6.45, 7) is 4.46. The van der Waals surface area contributed by atoms with Crippen molar-refractivity contribution in [1.82, 2.24) is 0 Å². The summed E-state index contributed by atoms with van der Waals surface area (Å²) < 4.78 is 13.9. The molecule has 109 heavy (non-hydrogen) atoms. The van der Waals surface area contributed by atoms with Gasteiger partial charge in [0.05, 0.1) is 5.69 Å². The van der Waals surface area contributed by atoms with Crippen molar-refractivity contribution in [2.24, 2.45) is 0 Å². The molecule has 0 amide bonds. The van der Waals surface area contributed by atoms with E-state index >= 15 is 0 Å². The van der Waals surface area contributed by atoms with Crippen molar-refractivity contribution in [3.05, 3.63) is 357 Å². The summed E-state index contributed by atoms with van der Waals surface area (Å²) in [6.07, 6.45) is 0. The average Bonchev–Trinajstić information content (AvgIpc) is 0.696. The number of aryl methyl sites for hydroxylation is 2. The first kappa shape index (κ1) is 60.5. The number of nitrogens with zero attached hydrogens (tertiary/aromatic N) is 4. The normalized spacial score (nSPS) is 13.6. The smallest absolute Gasteiger partial charge is 0.256 e. The fourth-order valence-corrected chi connectivity index (χ4v) is 20.1. The highest BCUT2D eigenvalue weighted by molar-refractivity contribution is 7.02. The van der Waals surface area contributed by atoms with Crippen LogP contribution in [-0.4, -0.2) is 20.1 Å². The number of fused-ring (bicyclic) bond motifs is 13. The number of hydrogen-bond donors (Lipinski definition) is 0. The number of para-hydroxylation sites is 5. The van der Waals surface area contributed by atoms with Crippen LogP contribution >= 0.6 is 0 Å². The van der Waals surface area contributed by atoms with Gasteiger partial charge in [-0.3, -0.25) is 0 Å². The van der Waals surface area contributed by atoms with Gasteiger partial charge in [-0.2, -0.15) is 0 Å². The van der Waals surface area contributed by atoms with Crippen molar-refractivity contribution >= 4 is 181 Å². The second-order valence-corrected chi connectivity index (χ2v) is 30.2. The van der Waals surface area contributed by atoms with Gasteiger partial charge < -0.3 is 29.1 Å². The molecule has 504 valence electrons. The summed E-state index contributed by atoms with van der Waals surface area (Å²) in [4.78, 5) is 10.1. The van der Waals surface area contributed by atoms with Crippen molar-refractivity contribution in [3.8, 4) is 56.4 Å². The fraction of sp³-hybridized carbons (Fsp3) is 0.0200. The van der Waals surface area contributed by atoms with E-state index in [9.17, 15) is 0 Å². The molecule has 0 radical (unpaired) electrons. The average molecular weight is 1390 g/mol. The van der Waals surface area contributed by atoms with Gasteiger partial charge in [0.15, 0.2) is 0 Å². The zero-order valence-electron chi connectivity index (χ0n) is 59.7. The highest BCUT2D eigenvalue weighted by Gasteiger charge is 2.48. The molecule has 0 atom stereocenters. The Morgan fingerprint density at radius 3 is 1.35 bits per heavy atom. The molecule has 0 aromatic heterocycles. The maximum atomic E-state index is 7.01. The Kier molecular flexibility index (Phi) is 12.7. The summed E-state index contributed by atoms with van der Waals surface area (Å²) in [5.74, 6) is 3.56. The number of ether oxygens (including phenoxy) is 2. The van der Waals surface area contributed by atoms with Gasteiger partial charge in [-0.25, -0.2) is 0 Å². The standard InChI is InChI=1S/C100H63B3N4O2/c1-60-54-67(65-24-16-28-69(56-65)105-83-36-12-8-32-76(83)101-77-33-9-13-37-84(77)106(86-39-19-38-85(105)98(86)101)70-29-17-25-66(57-70)72-31-18-23-62-22-6-7-30-71(62)72)55-61(2)95(60)73-50-46-63-48-52-75-82(53-49-64-47-51-74(73)96(63)97(64)75)107-88-41-21-45-94-100(88)103(79-35-11-15-43-92(79)109-94)81-58-80-89(59-90(81)107)104(68-26-4-3-5-27-68)87-40-20-44-93-99(87)102(80)78-34-10-14-42-91(78)108-93/h3-59H,1-2H3. The molecule has 0 aliphatic carbocycles. The van der Waals surface area contributed by atoms with Gasteiger partial charge >= 0.3 is 0 Å². The lowest BCUT2D eigenvalue weighted by molar-refractivity contribution is 0.487. The van der Waals surface area contributed by atoms with E-state index in [1.807, 2.05) is 0 Å². The summed E-state index contributed by atoms with van der Waals surface area (Å²) in [5.41, 5.74) is 34.5. The van der Waals surface area contributed by atoms with Crippen LogP contribution in [-0.2, 0) is 0 Å². The van der Waals surface area contributed by atoms with Crippen molar-refractivity contribution in [2.45, 2.75) is 13.8 Å². The number of anilines is 12. The van der Waals surface area contributed by atoms with Gasteiger partial charge in [0.1, 0.15) is 23.0 Å². The van der Waals surface area contributed by atoms with Gasteiger partial charge in [0.2, 0.25) is 0 Å². The predicted octanol–water partition coefficient (Wildman–Crippen LogP) is 20.2. The maximum Gasteiger partial charge on any atom is 0.256 e. The molecule has 0 bridgehead atoms. The Labute approximate surface area is 632 Å². The largest absolute Gasteiger partial charge is 0.458 e. The molecule has 0 spiro atoms. The zero-order valence-corrected chi connectivity index (χ0v) is 59.7. The quantitative estimate of drug-likeness (QED) is 0.117. The van der Waals surface area contributed by atoms with Crippen LogP contribution in [0.25, 0.3) is 76.5 Å². The van der Waals surface area contributed by atoms with Crippen molar-refractivity contribution < 1.29 is 9.47 Å². The fourth-order valence-electron chi connectivity index (χ4n) is 20.1. The highest BCUT2D eigenvalue weighted by Crippen LogP contribution is 2.52. The first-order valence-corrected chi connectivity index (χ1v) is 38.0. The van der Waals surface area contributed by atoms with Crippen LogP contribution in [0.2, 0.25) is 0 Å². The number of rotatable bonds is 7. The molecule has 6 aliphatic heterocycles. The van der Waals surface area contributed by atoms with E-state index < -0.39 is 0 Å². The molecule has 0 N–H and O–H groups in total. The molecule has 0 saturated heterocycles. The molecule has 18 aromatic rings. The molecule has 6 heterocycles. The van der Waals surface area contributed by atoms with Gasteiger partial charge in [0, 0.05) is 67.9 Å². The van der Waals surface area contributed by atoms with Gasteiger partial charge in [0.25, 0.3) is 20.1 Å². The third-order valence-corrected chi connectivity index (χ3v) is 24.5. The van der Waals surface area contributed by atoms with Crippen LogP contribution in [0.3, 0.4) is 0 Å². The van der Waals surface area contributed by atoms with E-state index in [0.29, 0.717) is 0 Å². The SMILES string of the molecule is Cc1cc(-c2cccc(N3c4ccccc4B4c5ccccc5N(c5cccc(-c6cccc7ccccc67)c5)c5cccc3c54)c2)cc(C)c1-c1ccc2ccc3c(N4c5cc6c(cc5B5c7ccccc7Oc7cccc4c75)B4c5ccccc5Oc5cccc(c54)N6c4ccccc4)ccc4ccc1c2c43. The summed E-state index contributed by atoms with van der Waals surface area (Å²) in [6, 6.07) is 129. The second kappa shape index (κ2) is 22.9. The van der Waals surface area contributed by atoms with Gasteiger partial charge in [-0.1, -0.05) is 237 Å². The lowest BCUT2D eigenvalue weighted by Gasteiger charge is -2.44. The Balaban J connectivity index is 0.635. The zero-order chi connectivity index (χ0) is 71.4. The first-order chi connectivity index (χ1) is 53.9. The van der Waals surface area contributed by atoms with Crippen LogP contribution < -0.4 is 78.2 Å². The Morgan fingerprint density at radius 2 is 0.679 bits per heavy atom. The van der Waals surface area contributed by atoms with Crippen LogP contribution in [0, 0.1) is 13.8 Å². The van der Waals surface area contributed by atoms with Crippen molar-refractivity contribution in [3.63, 3.8) is 0 Å². The van der Waals surface area contributed by atoms with E-state index in [-0.39, 0.29) is 20.1 Å². The van der Waals surface area contributed by atoms with E-state index in [0.717, 1.165) is 74.0 Å². The third kappa shape index (κ3) is 8.61. The van der Waals surface area contributed by atoms with Crippen LogP contribution in [0.15, 0.2) is 346 Å². The van der Waals surface area contributed by atoms with Crippen molar-refractivity contribution in [2.75, 3.05) is 19.6 Å². The van der Waals surface area contributed by atoms with Gasteiger partial charge in [-0.15, -0.1) is 0 Å². The lowest BCUT2D eigenvalue weighted by Crippen LogP contribution is -2.63. The molecule has 0 fully saturated rings. The molecule has 9 heteroatoms. The monoisotopic (exact) mass is 1380 g/mol. The highest BCUT2D eigenvalue weighted by atomic mass is 16.5. The van der Waals surface area contributed by atoms with Gasteiger partial charge in [-0.05, 0) is 254 Å². The first-order valence-electron chi connectivity index (χ1n) is 38.0. The van der Waals surface area contributed by atoms with Crippen LogP contribution in [0.5, 0.6) is 23.0 Å². The molecule has 18 aromatic carbocycles. The van der Waals surface area contributed by atoms with E-state index in [2.05, 4.69) is 379 Å². The number of hydrogen-bond acceptors (Lipinski definition) is 6. The molecular formula is C100H63B3N4O2. The molecule has 6 nitrogen and oxygen atoms in total. The summed E-state index contributed by atoms with van der Waals surface area (Å²) >= 11 is 0. The van der Waals surface area contributed by atoms with E-state index in [1.165, 1.54) is 154 Å². The summed E-state index contributed by atoms with van der Waals surface area (Å²) in [5, 5.41) is 9.87. The maximum absolute atomic E-state index is 7.01. The Hall–Kier alpha value is -13.7. The van der Waals surface area contributed by atoms with E-state index in [4.69, 9.17) is 9.47 Å². The van der Waals surface area contributed by atoms with E-state index in [1.54, 1.807) is 0 Å². The molecule has 0 unspecified atom stereocenters. The summed E-state index contributed by atoms with van der Waals surface area (Å²) in [7, 11) is 0. The molecule has 24 rings (SSSR count). The predicted molar refractivity (Wildman–Crippen MR) is 459 cm³/mol. The molecule has 0 saturated carbocycles. The Bertz CT molecular complexity index is 6970. The minimum absolute atomic E-state index is 0.0315. The minimum atomic E-state index is -0.108.